The molecule has 1 aromatic carbocycles. The Bertz CT molecular complexity index is 907. The second-order valence-corrected chi connectivity index (χ2v) is 7.84. The zero-order chi connectivity index (χ0) is 20.9. The number of hydrogen-bond acceptors (Lipinski definition) is 7. The molecule has 2 N–H and O–H groups in total. The Kier molecular flexibility index (Phi) is 4.57. The Hall–Kier alpha value is -2.94. The summed E-state index contributed by atoms with van der Waals surface area (Å²) >= 11 is 0. The standard InChI is InChI=1S/C20H24N4O5/c1-10-9-24-15-6-5-13(11(2)23-28-4)7-14(15)8-20(16(24)12(3)29-10)17(25)21-19(27)22-18(20)26/h5-7,10,12,16H,8-9H2,1-4H3,(H2,21,22,25,26,27)/b23-11+/t10-,12+,16-/m1/s1. The molecule has 0 unspecified atom stereocenters. The van der Waals surface area contributed by atoms with E-state index in [1.807, 2.05) is 39.0 Å². The second kappa shape index (κ2) is 6.84. The van der Waals surface area contributed by atoms with Crippen LogP contribution in [0.3, 0.4) is 0 Å². The summed E-state index contributed by atoms with van der Waals surface area (Å²) in [5.74, 6) is -1.19. The summed E-state index contributed by atoms with van der Waals surface area (Å²) in [6.07, 6.45) is -0.296. The summed E-state index contributed by atoms with van der Waals surface area (Å²) < 4.78 is 5.99. The lowest BCUT2D eigenvalue weighted by Crippen LogP contribution is -2.75. The Labute approximate surface area is 168 Å². The third kappa shape index (κ3) is 2.88. The van der Waals surface area contributed by atoms with Crippen LogP contribution in [0.5, 0.6) is 0 Å². The molecule has 1 aromatic rings. The van der Waals surface area contributed by atoms with E-state index in [1.165, 1.54) is 7.11 Å². The number of nitrogens with zero attached hydrogens (tertiary/aromatic N) is 2. The Morgan fingerprint density at radius 1 is 1.24 bits per heavy atom. The number of hydrogen-bond donors (Lipinski definition) is 2. The summed E-state index contributed by atoms with van der Waals surface area (Å²) in [7, 11) is 1.48. The molecular formula is C20H24N4O5. The summed E-state index contributed by atoms with van der Waals surface area (Å²) in [4.78, 5) is 44.8. The maximum absolute atomic E-state index is 13.1. The largest absolute Gasteiger partial charge is 0.399 e. The molecule has 154 valence electrons. The first kappa shape index (κ1) is 19.4. The third-order valence-electron chi connectivity index (χ3n) is 5.95. The number of nitrogens with one attached hydrogen (secondary N) is 2. The fourth-order valence-corrected chi connectivity index (χ4v) is 4.86. The van der Waals surface area contributed by atoms with Crippen molar-refractivity contribution in [3.05, 3.63) is 29.3 Å². The van der Waals surface area contributed by atoms with Gasteiger partial charge in [-0.3, -0.25) is 20.2 Å². The molecule has 0 saturated carbocycles. The number of imide groups is 2. The third-order valence-corrected chi connectivity index (χ3v) is 5.95. The molecule has 0 radical (unpaired) electrons. The van der Waals surface area contributed by atoms with Crippen molar-refractivity contribution < 1.29 is 24.0 Å². The second-order valence-electron chi connectivity index (χ2n) is 7.84. The van der Waals surface area contributed by atoms with E-state index in [9.17, 15) is 14.4 Å². The van der Waals surface area contributed by atoms with Crippen LogP contribution in [0.2, 0.25) is 0 Å². The number of morpholine rings is 1. The highest BCUT2D eigenvalue weighted by Gasteiger charge is 2.62. The number of rotatable bonds is 2. The Morgan fingerprint density at radius 3 is 2.59 bits per heavy atom. The number of ether oxygens (including phenoxy) is 1. The molecule has 4 rings (SSSR count). The van der Waals surface area contributed by atoms with Crippen LogP contribution in [0, 0.1) is 5.41 Å². The van der Waals surface area contributed by atoms with Gasteiger partial charge in [-0.25, -0.2) is 4.79 Å². The SMILES string of the molecule is CO/N=C(\C)c1ccc2c(c1)CC1(C(=O)NC(=O)NC1=O)[C@H]1[C@H](C)O[C@H](C)CN21. The van der Waals surface area contributed by atoms with Gasteiger partial charge in [-0.1, -0.05) is 11.2 Å². The highest BCUT2D eigenvalue weighted by molar-refractivity contribution is 6.20. The van der Waals surface area contributed by atoms with E-state index in [1.54, 1.807) is 0 Å². The van der Waals surface area contributed by atoms with Gasteiger partial charge in [-0.05, 0) is 50.5 Å². The molecule has 2 saturated heterocycles. The topological polar surface area (TPSA) is 109 Å². The molecule has 0 aliphatic carbocycles. The van der Waals surface area contributed by atoms with Crippen LogP contribution in [0.15, 0.2) is 23.4 Å². The molecule has 2 fully saturated rings. The molecule has 9 nitrogen and oxygen atoms in total. The van der Waals surface area contributed by atoms with E-state index in [4.69, 9.17) is 9.57 Å². The highest BCUT2D eigenvalue weighted by Crippen LogP contribution is 2.46. The molecular weight excluding hydrogens is 376 g/mol. The van der Waals surface area contributed by atoms with Crippen molar-refractivity contribution in [2.75, 3.05) is 18.6 Å². The van der Waals surface area contributed by atoms with E-state index in [-0.39, 0.29) is 18.6 Å². The summed E-state index contributed by atoms with van der Waals surface area (Å²) in [6.45, 7) is 6.18. The number of urea groups is 1. The first-order chi connectivity index (χ1) is 13.8. The Balaban J connectivity index is 1.89. The molecule has 3 aliphatic heterocycles. The molecule has 1 spiro atoms. The van der Waals surface area contributed by atoms with Gasteiger partial charge in [0.2, 0.25) is 11.8 Å². The van der Waals surface area contributed by atoms with Crippen LogP contribution in [-0.2, 0) is 25.6 Å². The monoisotopic (exact) mass is 400 g/mol. The van der Waals surface area contributed by atoms with Crippen LogP contribution < -0.4 is 15.5 Å². The number of barbiturate groups is 1. The summed E-state index contributed by atoms with van der Waals surface area (Å²) in [6, 6.07) is 4.53. The van der Waals surface area contributed by atoms with Crippen molar-refractivity contribution in [3.8, 4) is 0 Å². The molecule has 0 bridgehead atoms. The van der Waals surface area contributed by atoms with Crippen LogP contribution in [-0.4, -0.2) is 55.5 Å². The Morgan fingerprint density at radius 2 is 1.93 bits per heavy atom. The lowest BCUT2D eigenvalue weighted by Gasteiger charge is -2.55. The first-order valence-corrected chi connectivity index (χ1v) is 9.58. The molecule has 0 aromatic heterocycles. The molecule has 3 aliphatic rings. The number of fused-ring (bicyclic) bond motifs is 4. The van der Waals surface area contributed by atoms with E-state index < -0.39 is 29.3 Å². The number of oxime groups is 1. The average Bonchev–Trinajstić information content (AvgIpc) is 2.65. The van der Waals surface area contributed by atoms with Crippen LogP contribution in [0.4, 0.5) is 10.5 Å². The van der Waals surface area contributed by atoms with E-state index in [0.717, 1.165) is 16.8 Å². The van der Waals surface area contributed by atoms with Gasteiger partial charge in [0.25, 0.3) is 0 Å². The van der Waals surface area contributed by atoms with Gasteiger partial charge in [-0.15, -0.1) is 0 Å². The van der Waals surface area contributed by atoms with Crippen molar-refractivity contribution in [3.63, 3.8) is 0 Å². The predicted molar refractivity (Wildman–Crippen MR) is 105 cm³/mol. The average molecular weight is 400 g/mol. The molecule has 3 atom stereocenters. The first-order valence-electron chi connectivity index (χ1n) is 9.58. The van der Waals surface area contributed by atoms with E-state index in [0.29, 0.717) is 12.3 Å². The lowest BCUT2D eigenvalue weighted by atomic mass is 9.66. The maximum atomic E-state index is 13.1. The van der Waals surface area contributed by atoms with Gasteiger partial charge in [0, 0.05) is 12.2 Å². The molecule has 4 amide bonds. The smallest absolute Gasteiger partial charge is 0.328 e. The molecule has 29 heavy (non-hydrogen) atoms. The molecule has 9 heteroatoms. The predicted octanol–water partition coefficient (Wildman–Crippen LogP) is 0.948. The summed E-state index contributed by atoms with van der Waals surface area (Å²) in [5, 5.41) is 8.55. The van der Waals surface area contributed by atoms with Crippen molar-refractivity contribution >= 4 is 29.2 Å². The zero-order valence-corrected chi connectivity index (χ0v) is 16.8. The van der Waals surface area contributed by atoms with Crippen molar-refractivity contribution in [1.29, 1.82) is 0 Å². The lowest BCUT2D eigenvalue weighted by molar-refractivity contribution is -0.153. The number of carbonyl (C=O) groups excluding carboxylic acids is 3. The van der Waals surface area contributed by atoms with Gasteiger partial charge in [0.15, 0.2) is 5.41 Å². The van der Waals surface area contributed by atoms with Gasteiger partial charge in [0.1, 0.15) is 7.11 Å². The number of anilines is 1. The van der Waals surface area contributed by atoms with Gasteiger partial charge in [-0.2, -0.15) is 0 Å². The van der Waals surface area contributed by atoms with Crippen molar-refractivity contribution in [2.45, 2.75) is 45.4 Å². The maximum Gasteiger partial charge on any atom is 0.328 e. The van der Waals surface area contributed by atoms with E-state index >= 15 is 0 Å². The van der Waals surface area contributed by atoms with Crippen molar-refractivity contribution in [2.24, 2.45) is 10.6 Å². The van der Waals surface area contributed by atoms with Crippen LogP contribution in [0.1, 0.15) is 31.9 Å². The normalized spacial score (nSPS) is 28.4. The zero-order valence-electron chi connectivity index (χ0n) is 16.8. The minimum atomic E-state index is -1.47. The minimum absolute atomic E-state index is 0.0722. The summed E-state index contributed by atoms with van der Waals surface area (Å²) in [5.41, 5.74) is 1.84. The minimum Gasteiger partial charge on any atom is -0.399 e. The van der Waals surface area contributed by atoms with E-state index in [2.05, 4.69) is 20.7 Å². The van der Waals surface area contributed by atoms with Crippen molar-refractivity contribution in [1.82, 2.24) is 10.6 Å². The number of benzene rings is 1. The quantitative estimate of drug-likeness (QED) is 0.435. The van der Waals surface area contributed by atoms with Gasteiger partial charge < -0.3 is 14.5 Å². The number of carbonyl (C=O) groups is 3. The molecule has 3 heterocycles. The fourth-order valence-electron chi connectivity index (χ4n) is 4.86. The fraction of sp³-hybridized carbons (Fsp3) is 0.500. The van der Waals surface area contributed by atoms with Gasteiger partial charge >= 0.3 is 6.03 Å². The number of amides is 4. The van der Waals surface area contributed by atoms with Crippen LogP contribution in [0.25, 0.3) is 0 Å². The highest BCUT2D eigenvalue weighted by atomic mass is 16.6. The van der Waals surface area contributed by atoms with Gasteiger partial charge in [0.05, 0.1) is 24.0 Å². The van der Waals surface area contributed by atoms with Crippen LogP contribution >= 0.6 is 0 Å².